The molecule has 0 aromatic rings. The molecule has 0 spiro atoms. The molecule has 6 heteroatoms. The predicted molar refractivity (Wildman–Crippen MR) is 86.9 cm³/mol. The molecule has 22 heavy (non-hydrogen) atoms. The zero-order valence-corrected chi connectivity index (χ0v) is 14.9. The van der Waals surface area contributed by atoms with Crippen LogP contribution in [0.1, 0.15) is 41.5 Å². The summed E-state index contributed by atoms with van der Waals surface area (Å²) in [6.07, 6.45) is 0. The van der Waals surface area contributed by atoms with E-state index in [9.17, 15) is 9.59 Å². The molecule has 6 nitrogen and oxygen atoms in total. The zero-order valence-electron chi connectivity index (χ0n) is 14.9. The van der Waals surface area contributed by atoms with Gasteiger partial charge in [-0.3, -0.25) is 9.59 Å². The fourth-order valence-corrected chi connectivity index (χ4v) is 1.35. The second kappa shape index (κ2) is 9.92. The summed E-state index contributed by atoms with van der Waals surface area (Å²) in [5, 5.41) is 6.04. The minimum atomic E-state index is -0.387. The summed E-state index contributed by atoms with van der Waals surface area (Å²) in [6, 6.07) is 0. The number of ether oxygens (including phenoxy) is 2. The Kier molecular flexibility index (Phi) is 9.48. The van der Waals surface area contributed by atoms with E-state index in [0.717, 1.165) is 0 Å². The molecule has 1 amide bonds. The molecule has 0 aromatic carbocycles. The fourth-order valence-electron chi connectivity index (χ4n) is 1.35. The van der Waals surface area contributed by atoms with Crippen molar-refractivity contribution < 1.29 is 19.1 Å². The van der Waals surface area contributed by atoms with Crippen molar-refractivity contribution in [3.8, 4) is 0 Å². The van der Waals surface area contributed by atoms with Crippen LogP contribution in [0.4, 0.5) is 0 Å². The number of hydrogen-bond acceptors (Lipinski definition) is 5. The number of rotatable bonds is 10. The third-order valence-electron chi connectivity index (χ3n) is 2.78. The van der Waals surface area contributed by atoms with Gasteiger partial charge in [0.05, 0.1) is 13.2 Å². The van der Waals surface area contributed by atoms with E-state index in [2.05, 4.69) is 31.4 Å². The van der Waals surface area contributed by atoms with E-state index in [1.54, 1.807) is 0 Å². The predicted octanol–water partition coefficient (Wildman–Crippen LogP) is 1.14. The fraction of sp³-hybridized carbons (Fsp3) is 0.875. The Balaban J connectivity index is 3.48. The molecule has 0 aliphatic heterocycles. The summed E-state index contributed by atoms with van der Waals surface area (Å²) in [7, 11) is 0. The summed E-state index contributed by atoms with van der Waals surface area (Å²) in [4.78, 5) is 23.1. The van der Waals surface area contributed by atoms with Gasteiger partial charge in [-0.1, -0.05) is 20.8 Å². The second-order valence-electron chi connectivity index (χ2n) is 7.31. The highest BCUT2D eigenvalue weighted by atomic mass is 16.5. The van der Waals surface area contributed by atoms with Crippen molar-refractivity contribution in [1.29, 1.82) is 0 Å². The summed E-state index contributed by atoms with van der Waals surface area (Å²) in [6.45, 7) is 13.8. The lowest BCUT2D eigenvalue weighted by atomic mass is 9.91. The van der Waals surface area contributed by atoms with Gasteiger partial charge in [-0.05, 0) is 20.8 Å². The van der Waals surface area contributed by atoms with Crippen LogP contribution < -0.4 is 10.6 Å². The number of hydrogen-bond donors (Lipinski definition) is 2. The van der Waals surface area contributed by atoms with Crippen LogP contribution in [0.3, 0.4) is 0 Å². The van der Waals surface area contributed by atoms with Gasteiger partial charge < -0.3 is 20.1 Å². The van der Waals surface area contributed by atoms with Crippen molar-refractivity contribution >= 4 is 11.7 Å². The Labute approximate surface area is 134 Å². The van der Waals surface area contributed by atoms with Crippen LogP contribution in [0.2, 0.25) is 0 Å². The van der Waals surface area contributed by atoms with E-state index in [0.29, 0.717) is 26.3 Å². The van der Waals surface area contributed by atoms with Gasteiger partial charge in [-0.25, -0.2) is 0 Å². The molecule has 0 bridgehead atoms. The van der Waals surface area contributed by atoms with Gasteiger partial charge in [-0.2, -0.15) is 0 Å². The van der Waals surface area contributed by atoms with Crippen molar-refractivity contribution in [1.82, 2.24) is 10.6 Å². The summed E-state index contributed by atoms with van der Waals surface area (Å²) in [5.74, 6) is -0.0990. The molecule has 2 N–H and O–H groups in total. The highest BCUT2D eigenvalue weighted by Gasteiger charge is 2.20. The van der Waals surface area contributed by atoms with E-state index >= 15 is 0 Å². The van der Waals surface area contributed by atoms with E-state index in [-0.39, 0.29) is 35.9 Å². The minimum Gasteiger partial charge on any atom is -0.371 e. The Hall–Kier alpha value is -0.980. The molecule has 0 atom stereocenters. The molecule has 0 aliphatic rings. The summed E-state index contributed by atoms with van der Waals surface area (Å²) >= 11 is 0. The van der Waals surface area contributed by atoms with Gasteiger partial charge >= 0.3 is 0 Å². The van der Waals surface area contributed by atoms with Crippen LogP contribution in [0.15, 0.2) is 0 Å². The quantitative estimate of drug-likeness (QED) is 0.591. The summed E-state index contributed by atoms with van der Waals surface area (Å²) in [5.41, 5.74) is -0.342. The Bertz CT molecular complexity index is 343. The first-order valence-corrected chi connectivity index (χ1v) is 7.73. The molecule has 130 valence electrons. The monoisotopic (exact) mass is 316 g/mol. The van der Waals surface area contributed by atoms with Crippen molar-refractivity contribution in [3.05, 3.63) is 0 Å². The second-order valence-corrected chi connectivity index (χ2v) is 7.31. The standard InChI is InChI=1S/C16H32N2O4/c1-15(2,3)13(19)11-21-9-10-22-12-14(20)17-7-8-18-16(4,5)6/h18H,7-12H2,1-6H3,(H,17,20). The SMILES string of the molecule is CC(C)(C)NCCNC(=O)COCCOCC(=O)C(C)(C)C. The first kappa shape index (κ1) is 21.0. The Morgan fingerprint density at radius 3 is 1.91 bits per heavy atom. The molecular formula is C16H32N2O4. The Morgan fingerprint density at radius 1 is 0.864 bits per heavy atom. The highest BCUT2D eigenvalue weighted by Crippen LogP contribution is 2.14. The first-order valence-electron chi connectivity index (χ1n) is 7.73. The third-order valence-corrected chi connectivity index (χ3v) is 2.78. The van der Waals surface area contributed by atoms with Crippen molar-refractivity contribution in [2.24, 2.45) is 5.41 Å². The van der Waals surface area contributed by atoms with Gasteiger partial charge in [0, 0.05) is 24.0 Å². The topological polar surface area (TPSA) is 76.7 Å². The molecule has 0 aliphatic carbocycles. The molecule has 0 saturated heterocycles. The maximum Gasteiger partial charge on any atom is 0.246 e. The number of ketones is 1. The van der Waals surface area contributed by atoms with E-state index in [1.807, 2.05) is 20.8 Å². The number of nitrogens with one attached hydrogen (secondary N) is 2. The number of amides is 1. The van der Waals surface area contributed by atoms with Gasteiger partial charge in [-0.15, -0.1) is 0 Å². The molecule has 0 unspecified atom stereocenters. The third kappa shape index (κ3) is 12.7. The maximum absolute atomic E-state index is 11.6. The van der Waals surface area contributed by atoms with Crippen LogP contribution in [-0.2, 0) is 19.1 Å². The zero-order chi connectivity index (χ0) is 17.2. The van der Waals surface area contributed by atoms with E-state index in [1.165, 1.54) is 0 Å². The lowest BCUT2D eigenvalue weighted by Gasteiger charge is -2.20. The minimum absolute atomic E-state index is 0.00605. The lowest BCUT2D eigenvalue weighted by molar-refractivity contribution is -0.132. The van der Waals surface area contributed by atoms with Crippen molar-refractivity contribution in [2.45, 2.75) is 47.1 Å². The smallest absolute Gasteiger partial charge is 0.246 e. The van der Waals surface area contributed by atoms with Gasteiger partial charge in [0.1, 0.15) is 13.2 Å². The van der Waals surface area contributed by atoms with Gasteiger partial charge in [0.15, 0.2) is 5.78 Å². The number of carbonyl (C=O) groups excluding carboxylic acids is 2. The van der Waals surface area contributed by atoms with Crippen LogP contribution in [0, 0.1) is 5.41 Å². The van der Waals surface area contributed by atoms with Gasteiger partial charge in [0.25, 0.3) is 0 Å². The molecule has 0 saturated carbocycles. The number of carbonyl (C=O) groups is 2. The van der Waals surface area contributed by atoms with Gasteiger partial charge in [0.2, 0.25) is 5.91 Å². The van der Waals surface area contributed by atoms with Crippen LogP contribution in [0.5, 0.6) is 0 Å². The molecule has 0 fully saturated rings. The van der Waals surface area contributed by atoms with Crippen LogP contribution in [0.25, 0.3) is 0 Å². The Morgan fingerprint density at radius 2 is 1.41 bits per heavy atom. The number of Topliss-reactive ketones (excluding diaryl/α,β-unsaturated/α-hetero) is 1. The highest BCUT2D eigenvalue weighted by molar-refractivity contribution is 5.84. The first-order chi connectivity index (χ1) is 10.0. The van der Waals surface area contributed by atoms with Crippen LogP contribution in [-0.4, -0.2) is 56.7 Å². The average molecular weight is 316 g/mol. The lowest BCUT2D eigenvalue weighted by Crippen LogP contribution is -2.42. The largest absolute Gasteiger partial charge is 0.371 e. The van der Waals surface area contributed by atoms with Crippen LogP contribution >= 0.6 is 0 Å². The molecular weight excluding hydrogens is 284 g/mol. The van der Waals surface area contributed by atoms with Crippen molar-refractivity contribution in [3.63, 3.8) is 0 Å². The molecule has 0 aromatic heterocycles. The normalized spacial score (nSPS) is 12.3. The van der Waals surface area contributed by atoms with Crippen molar-refractivity contribution in [2.75, 3.05) is 39.5 Å². The average Bonchev–Trinajstić information content (AvgIpc) is 2.36. The molecule has 0 heterocycles. The molecule has 0 rings (SSSR count). The summed E-state index contributed by atoms with van der Waals surface area (Å²) < 4.78 is 10.4. The van der Waals surface area contributed by atoms with E-state index in [4.69, 9.17) is 9.47 Å². The maximum atomic E-state index is 11.6. The van der Waals surface area contributed by atoms with E-state index < -0.39 is 0 Å². The molecule has 0 radical (unpaired) electrons.